The molecule has 1 heterocycles. The lowest BCUT2D eigenvalue weighted by Gasteiger charge is -2.08. The number of carbonyl (C=O) groups is 2. The van der Waals surface area contributed by atoms with Gasteiger partial charge in [0.1, 0.15) is 6.54 Å². The monoisotopic (exact) mass is 328 g/mol. The molecular weight excluding hydrogens is 319 g/mol. The van der Waals surface area contributed by atoms with Gasteiger partial charge in [-0.25, -0.2) is 9.48 Å². The molecule has 2 rings (SSSR count). The maximum absolute atomic E-state index is 11.9. The first-order valence-corrected chi connectivity index (χ1v) is 6.49. The van der Waals surface area contributed by atoms with E-state index < -0.39 is 11.9 Å². The van der Waals surface area contributed by atoms with Crippen LogP contribution in [0.3, 0.4) is 0 Å². The molecule has 1 amide bonds. The second-order valence-electron chi connectivity index (χ2n) is 3.94. The molecular formula is C12H10Cl2N4O3. The van der Waals surface area contributed by atoms with Gasteiger partial charge < -0.3 is 10.1 Å². The van der Waals surface area contributed by atoms with Crippen molar-refractivity contribution >= 4 is 40.8 Å². The van der Waals surface area contributed by atoms with E-state index in [-0.39, 0.29) is 12.2 Å². The fourth-order valence-corrected chi connectivity index (χ4v) is 2.01. The van der Waals surface area contributed by atoms with Gasteiger partial charge in [0.05, 0.1) is 29.0 Å². The maximum atomic E-state index is 11.9. The first-order valence-electron chi connectivity index (χ1n) is 5.73. The molecule has 0 fully saturated rings. The van der Waals surface area contributed by atoms with E-state index in [4.69, 9.17) is 23.2 Å². The van der Waals surface area contributed by atoms with Gasteiger partial charge in [0.2, 0.25) is 5.91 Å². The SMILES string of the molecule is COC(=O)c1cn(CC(=O)Nc2c(Cl)cccc2Cl)nn1. The molecule has 9 heteroatoms. The molecule has 0 saturated carbocycles. The third-order valence-electron chi connectivity index (χ3n) is 2.47. The fourth-order valence-electron chi connectivity index (χ4n) is 1.52. The predicted octanol–water partition coefficient (Wildman–Crippen LogP) is 2.01. The number of hydrogen-bond donors (Lipinski definition) is 1. The zero-order chi connectivity index (χ0) is 15.4. The maximum Gasteiger partial charge on any atom is 0.360 e. The van der Waals surface area contributed by atoms with Gasteiger partial charge in [-0.1, -0.05) is 34.5 Å². The average Bonchev–Trinajstić information content (AvgIpc) is 2.90. The van der Waals surface area contributed by atoms with E-state index in [0.29, 0.717) is 15.7 Å². The Morgan fingerprint density at radius 1 is 1.33 bits per heavy atom. The van der Waals surface area contributed by atoms with Gasteiger partial charge in [0.25, 0.3) is 0 Å². The molecule has 1 aromatic carbocycles. The van der Waals surface area contributed by atoms with Crippen LogP contribution in [-0.4, -0.2) is 34.0 Å². The molecule has 0 radical (unpaired) electrons. The molecule has 0 aliphatic carbocycles. The highest BCUT2D eigenvalue weighted by molar-refractivity contribution is 6.39. The molecule has 2 aromatic rings. The van der Waals surface area contributed by atoms with Crippen molar-refractivity contribution in [1.29, 1.82) is 0 Å². The van der Waals surface area contributed by atoms with Crippen LogP contribution >= 0.6 is 23.2 Å². The van der Waals surface area contributed by atoms with Gasteiger partial charge in [0, 0.05) is 0 Å². The van der Waals surface area contributed by atoms with Crippen LogP contribution < -0.4 is 5.32 Å². The van der Waals surface area contributed by atoms with Crippen LogP contribution in [0, 0.1) is 0 Å². The third-order valence-corrected chi connectivity index (χ3v) is 3.10. The van der Waals surface area contributed by atoms with Gasteiger partial charge >= 0.3 is 5.97 Å². The number of amides is 1. The molecule has 0 bridgehead atoms. The standard InChI is InChI=1S/C12H10Cl2N4O3/c1-21-12(20)9-5-18(17-16-9)6-10(19)15-11-7(13)3-2-4-8(11)14/h2-5H,6H2,1H3,(H,15,19). The molecule has 0 aliphatic rings. The zero-order valence-corrected chi connectivity index (χ0v) is 12.4. The van der Waals surface area contributed by atoms with Crippen LogP contribution in [0.15, 0.2) is 24.4 Å². The average molecular weight is 329 g/mol. The Morgan fingerprint density at radius 2 is 2.00 bits per heavy atom. The minimum absolute atomic E-state index is 0.0149. The van der Waals surface area contributed by atoms with Gasteiger partial charge in [0.15, 0.2) is 5.69 Å². The van der Waals surface area contributed by atoms with Crippen molar-refractivity contribution in [2.24, 2.45) is 0 Å². The number of nitrogens with one attached hydrogen (secondary N) is 1. The molecule has 0 spiro atoms. The normalized spacial score (nSPS) is 10.2. The lowest BCUT2D eigenvalue weighted by Crippen LogP contribution is -2.19. The summed E-state index contributed by atoms with van der Waals surface area (Å²) in [4.78, 5) is 23.1. The lowest BCUT2D eigenvalue weighted by molar-refractivity contribution is -0.116. The van der Waals surface area contributed by atoms with Crippen molar-refractivity contribution in [3.05, 3.63) is 40.1 Å². The van der Waals surface area contributed by atoms with Crippen molar-refractivity contribution in [2.45, 2.75) is 6.54 Å². The Hall–Kier alpha value is -2.12. The van der Waals surface area contributed by atoms with Crippen LogP contribution in [-0.2, 0) is 16.1 Å². The van der Waals surface area contributed by atoms with Crippen molar-refractivity contribution in [3.8, 4) is 0 Å². The second kappa shape index (κ2) is 6.55. The Balaban J connectivity index is 2.05. The quantitative estimate of drug-likeness (QED) is 0.867. The number of ether oxygens (including phenoxy) is 1. The lowest BCUT2D eigenvalue weighted by atomic mass is 10.3. The largest absolute Gasteiger partial charge is 0.464 e. The Morgan fingerprint density at radius 3 is 2.62 bits per heavy atom. The van der Waals surface area contributed by atoms with Crippen LogP contribution in [0.1, 0.15) is 10.5 Å². The third kappa shape index (κ3) is 3.71. The molecule has 0 aliphatic heterocycles. The summed E-state index contributed by atoms with van der Waals surface area (Å²) < 4.78 is 5.69. The number of carbonyl (C=O) groups excluding carboxylic acids is 2. The highest BCUT2D eigenvalue weighted by atomic mass is 35.5. The summed E-state index contributed by atoms with van der Waals surface area (Å²) in [6.45, 7) is -0.147. The Kier molecular flexibility index (Phi) is 4.77. The molecule has 0 unspecified atom stereocenters. The number of esters is 1. The molecule has 0 saturated heterocycles. The van der Waals surface area contributed by atoms with Gasteiger partial charge in [-0.3, -0.25) is 4.79 Å². The van der Waals surface area contributed by atoms with E-state index in [1.165, 1.54) is 18.0 Å². The number of aromatic nitrogens is 3. The van der Waals surface area contributed by atoms with E-state index in [1.54, 1.807) is 18.2 Å². The summed E-state index contributed by atoms with van der Waals surface area (Å²) in [5.41, 5.74) is 0.334. The number of methoxy groups -OCH3 is 1. The second-order valence-corrected chi connectivity index (χ2v) is 4.75. The fraction of sp³-hybridized carbons (Fsp3) is 0.167. The number of para-hydroxylation sites is 1. The molecule has 110 valence electrons. The summed E-state index contributed by atoms with van der Waals surface area (Å²) in [5, 5.41) is 10.5. The zero-order valence-electron chi connectivity index (χ0n) is 10.8. The smallest absolute Gasteiger partial charge is 0.360 e. The number of halogens is 2. The first-order chi connectivity index (χ1) is 10.0. The van der Waals surface area contributed by atoms with E-state index in [9.17, 15) is 9.59 Å². The summed E-state index contributed by atoms with van der Waals surface area (Å²) in [6, 6.07) is 4.88. The Labute approximate surface area is 129 Å². The number of anilines is 1. The van der Waals surface area contributed by atoms with Crippen molar-refractivity contribution < 1.29 is 14.3 Å². The van der Waals surface area contributed by atoms with Crippen LogP contribution in [0.5, 0.6) is 0 Å². The van der Waals surface area contributed by atoms with Gasteiger partial charge in [-0.05, 0) is 12.1 Å². The molecule has 21 heavy (non-hydrogen) atoms. The summed E-state index contributed by atoms with van der Waals surface area (Å²) >= 11 is 11.9. The summed E-state index contributed by atoms with van der Waals surface area (Å²) in [7, 11) is 1.23. The molecule has 7 nitrogen and oxygen atoms in total. The van der Waals surface area contributed by atoms with E-state index in [1.807, 2.05) is 0 Å². The van der Waals surface area contributed by atoms with E-state index in [0.717, 1.165) is 0 Å². The highest BCUT2D eigenvalue weighted by Gasteiger charge is 2.14. The van der Waals surface area contributed by atoms with Gasteiger partial charge in [-0.2, -0.15) is 0 Å². The van der Waals surface area contributed by atoms with Crippen molar-refractivity contribution in [1.82, 2.24) is 15.0 Å². The number of rotatable bonds is 4. The number of hydrogen-bond acceptors (Lipinski definition) is 5. The van der Waals surface area contributed by atoms with Crippen molar-refractivity contribution in [3.63, 3.8) is 0 Å². The summed E-state index contributed by atoms with van der Waals surface area (Å²) in [5.74, 6) is -1.04. The minimum Gasteiger partial charge on any atom is -0.464 e. The Bertz CT molecular complexity index is 667. The summed E-state index contributed by atoms with van der Waals surface area (Å²) in [6.07, 6.45) is 1.31. The van der Waals surface area contributed by atoms with E-state index in [2.05, 4.69) is 20.4 Å². The molecule has 1 aromatic heterocycles. The van der Waals surface area contributed by atoms with Gasteiger partial charge in [-0.15, -0.1) is 5.10 Å². The topological polar surface area (TPSA) is 86.1 Å². The minimum atomic E-state index is -0.629. The first kappa shape index (κ1) is 15.3. The van der Waals surface area contributed by atoms with Crippen molar-refractivity contribution in [2.75, 3.05) is 12.4 Å². The molecule has 1 N–H and O–H groups in total. The van der Waals surface area contributed by atoms with Crippen LogP contribution in [0.2, 0.25) is 10.0 Å². The highest BCUT2D eigenvalue weighted by Crippen LogP contribution is 2.29. The van der Waals surface area contributed by atoms with E-state index >= 15 is 0 Å². The molecule has 0 atom stereocenters. The number of nitrogens with zero attached hydrogens (tertiary/aromatic N) is 3. The predicted molar refractivity (Wildman–Crippen MR) is 76.5 cm³/mol. The van der Waals surface area contributed by atoms with Crippen LogP contribution in [0.25, 0.3) is 0 Å². The van der Waals surface area contributed by atoms with Crippen LogP contribution in [0.4, 0.5) is 5.69 Å². The number of benzene rings is 1.